The molecule has 0 radical (unpaired) electrons. The summed E-state index contributed by atoms with van der Waals surface area (Å²) in [5.41, 5.74) is 0. The Kier molecular flexibility index (Phi) is 7.29. The molecule has 80 valence electrons. The molecule has 0 saturated carbocycles. The van der Waals surface area contributed by atoms with Crippen LogP contribution in [0.2, 0.25) is 0 Å². The van der Waals surface area contributed by atoms with Crippen molar-refractivity contribution in [3.05, 3.63) is 0 Å². The van der Waals surface area contributed by atoms with Crippen molar-refractivity contribution in [2.75, 3.05) is 19.8 Å². The summed E-state index contributed by atoms with van der Waals surface area (Å²) in [7, 11) is 0. The van der Waals surface area contributed by atoms with Crippen molar-refractivity contribution in [1.82, 2.24) is 0 Å². The molecule has 2 aliphatic rings. The minimum absolute atomic E-state index is 0. The highest BCUT2D eigenvalue weighted by atomic mass is 16.5. The van der Waals surface area contributed by atoms with E-state index in [1.807, 2.05) is 0 Å². The Bertz CT molecular complexity index is 87.1. The molecule has 2 saturated heterocycles. The summed E-state index contributed by atoms with van der Waals surface area (Å²) in [6, 6.07) is 0. The van der Waals surface area contributed by atoms with E-state index in [-0.39, 0.29) is 7.43 Å². The van der Waals surface area contributed by atoms with Gasteiger partial charge in [0.15, 0.2) is 0 Å². The molecule has 0 aliphatic carbocycles. The fraction of sp³-hybridized carbons (Fsp3) is 1.00. The molecule has 2 heterocycles. The van der Waals surface area contributed by atoms with Crippen molar-refractivity contribution < 1.29 is 9.47 Å². The summed E-state index contributed by atoms with van der Waals surface area (Å²) >= 11 is 0. The lowest BCUT2D eigenvalue weighted by atomic mass is 10.1. The molecule has 0 N–H and O–H groups in total. The lowest BCUT2D eigenvalue weighted by Gasteiger charge is -2.24. The van der Waals surface area contributed by atoms with Gasteiger partial charge < -0.3 is 9.47 Å². The first-order chi connectivity index (χ1) is 5.86. The number of hydrogen-bond acceptors (Lipinski definition) is 2. The molecule has 0 aromatic rings. The average Bonchev–Trinajstić information content (AvgIpc) is 1.83. The summed E-state index contributed by atoms with van der Waals surface area (Å²) in [5, 5.41) is 0. The molecule has 0 bridgehead atoms. The minimum atomic E-state index is 0. The molecule has 0 amide bonds. The van der Waals surface area contributed by atoms with Crippen LogP contribution in [0, 0.1) is 5.92 Å². The first-order valence-corrected chi connectivity index (χ1v) is 5.06. The second-order valence-corrected chi connectivity index (χ2v) is 3.50. The normalized spacial score (nSPS) is 25.8. The maximum absolute atomic E-state index is 5.08. The third-order valence-electron chi connectivity index (χ3n) is 2.53. The molecule has 2 heteroatoms. The van der Waals surface area contributed by atoms with Gasteiger partial charge in [-0.2, -0.15) is 0 Å². The van der Waals surface area contributed by atoms with Crippen molar-refractivity contribution in [1.29, 1.82) is 0 Å². The second-order valence-electron chi connectivity index (χ2n) is 3.50. The highest BCUT2D eigenvalue weighted by Crippen LogP contribution is 2.13. The van der Waals surface area contributed by atoms with E-state index in [1.165, 1.54) is 19.3 Å². The molecule has 0 aromatic carbocycles. The van der Waals surface area contributed by atoms with Crippen LogP contribution in [0.25, 0.3) is 0 Å². The number of hydrogen-bond donors (Lipinski definition) is 0. The quantitative estimate of drug-likeness (QED) is 0.663. The van der Waals surface area contributed by atoms with Gasteiger partial charge in [0, 0.05) is 12.5 Å². The molecule has 2 fully saturated rings. The summed E-state index contributed by atoms with van der Waals surface area (Å²) in [6.07, 6.45) is 4.39. The molecular formula is C11H24O2. The molecule has 1 atom stereocenters. The maximum Gasteiger partial charge on any atom is 0.0594 e. The number of ether oxygens (including phenoxy) is 2. The van der Waals surface area contributed by atoms with E-state index in [1.54, 1.807) is 0 Å². The van der Waals surface area contributed by atoms with Crippen LogP contribution in [-0.4, -0.2) is 25.9 Å². The summed E-state index contributed by atoms with van der Waals surface area (Å²) < 4.78 is 10.0. The Hall–Kier alpha value is -0.0800. The van der Waals surface area contributed by atoms with Gasteiger partial charge in [-0.3, -0.25) is 0 Å². The summed E-state index contributed by atoms with van der Waals surface area (Å²) in [6.45, 7) is 7.38. The van der Waals surface area contributed by atoms with Crippen LogP contribution in [0.4, 0.5) is 0 Å². The van der Waals surface area contributed by atoms with Crippen LogP contribution in [0.1, 0.15) is 40.5 Å². The van der Waals surface area contributed by atoms with Crippen LogP contribution in [-0.2, 0) is 9.47 Å². The standard InChI is InChI=1S/2C5H10O.CH4/c1-2-5-3-6-4-5;1-2-5-3-4-6-5;/h2*5H,2-4H2,1H3;1H4. The minimum Gasteiger partial charge on any atom is -0.381 e. The zero-order chi connectivity index (χ0) is 8.81. The Labute approximate surface area is 82.6 Å². The molecule has 2 rings (SSSR count). The third kappa shape index (κ3) is 4.63. The van der Waals surface area contributed by atoms with Crippen molar-refractivity contribution in [3.63, 3.8) is 0 Å². The first-order valence-electron chi connectivity index (χ1n) is 5.06. The zero-order valence-electron chi connectivity index (χ0n) is 8.21. The maximum atomic E-state index is 5.08. The average molecular weight is 188 g/mol. The Morgan fingerprint density at radius 1 is 1.15 bits per heavy atom. The van der Waals surface area contributed by atoms with E-state index in [0.717, 1.165) is 25.7 Å². The van der Waals surface area contributed by atoms with Crippen molar-refractivity contribution >= 4 is 0 Å². The SMILES string of the molecule is C.CCC1CCO1.CCC1COC1. The summed E-state index contributed by atoms with van der Waals surface area (Å²) in [4.78, 5) is 0. The molecule has 2 aliphatic heterocycles. The van der Waals surface area contributed by atoms with Crippen LogP contribution in [0.15, 0.2) is 0 Å². The van der Waals surface area contributed by atoms with Crippen LogP contribution in [0.5, 0.6) is 0 Å². The molecular weight excluding hydrogens is 164 g/mol. The molecule has 13 heavy (non-hydrogen) atoms. The van der Waals surface area contributed by atoms with Crippen LogP contribution in [0.3, 0.4) is 0 Å². The van der Waals surface area contributed by atoms with Gasteiger partial charge in [-0.25, -0.2) is 0 Å². The van der Waals surface area contributed by atoms with E-state index < -0.39 is 0 Å². The first kappa shape index (κ1) is 12.9. The van der Waals surface area contributed by atoms with Gasteiger partial charge in [0.05, 0.1) is 19.3 Å². The van der Waals surface area contributed by atoms with Crippen molar-refractivity contribution in [2.24, 2.45) is 5.92 Å². The Balaban J connectivity index is 0.000000206. The zero-order valence-corrected chi connectivity index (χ0v) is 8.21. The van der Waals surface area contributed by atoms with Crippen LogP contribution < -0.4 is 0 Å². The lowest BCUT2D eigenvalue weighted by Crippen LogP contribution is -2.26. The van der Waals surface area contributed by atoms with Crippen molar-refractivity contribution in [3.8, 4) is 0 Å². The van der Waals surface area contributed by atoms with Crippen molar-refractivity contribution in [2.45, 2.75) is 46.6 Å². The van der Waals surface area contributed by atoms with E-state index in [4.69, 9.17) is 9.47 Å². The molecule has 0 spiro atoms. The Morgan fingerprint density at radius 3 is 1.77 bits per heavy atom. The topological polar surface area (TPSA) is 18.5 Å². The largest absolute Gasteiger partial charge is 0.381 e. The molecule has 0 aromatic heterocycles. The second kappa shape index (κ2) is 7.34. The van der Waals surface area contributed by atoms with Gasteiger partial charge >= 0.3 is 0 Å². The van der Waals surface area contributed by atoms with Gasteiger partial charge in [0.25, 0.3) is 0 Å². The van der Waals surface area contributed by atoms with Gasteiger partial charge in [0.2, 0.25) is 0 Å². The van der Waals surface area contributed by atoms with Crippen LogP contribution >= 0.6 is 0 Å². The predicted molar refractivity (Wildman–Crippen MR) is 56.0 cm³/mol. The fourth-order valence-electron chi connectivity index (χ4n) is 1.13. The Morgan fingerprint density at radius 2 is 1.77 bits per heavy atom. The fourth-order valence-corrected chi connectivity index (χ4v) is 1.13. The van der Waals surface area contributed by atoms with E-state index in [2.05, 4.69) is 13.8 Å². The highest BCUT2D eigenvalue weighted by molar-refractivity contribution is 4.62. The number of rotatable bonds is 2. The summed E-state index contributed by atoms with van der Waals surface area (Å²) in [5.74, 6) is 0.894. The molecule has 2 nitrogen and oxygen atoms in total. The molecule has 1 unspecified atom stereocenters. The van der Waals surface area contributed by atoms with E-state index in [9.17, 15) is 0 Å². The van der Waals surface area contributed by atoms with Gasteiger partial charge in [-0.15, -0.1) is 0 Å². The highest BCUT2D eigenvalue weighted by Gasteiger charge is 2.14. The van der Waals surface area contributed by atoms with E-state index in [0.29, 0.717) is 6.10 Å². The predicted octanol–water partition coefficient (Wildman–Crippen LogP) is 2.86. The van der Waals surface area contributed by atoms with E-state index >= 15 is 0 Å². The third-order valence-corrected chi connectivity index (χ3v) is 2.53. The van der Waals surface area contributed by atoms with Gasteiger partial charge in [-0.1, -0.05) is 21.3 Å². The van der Waals surface area contributed by atoms with Gasteiger partial charge in [0.1, 0.15) is 0 Å². The smallest absolute Gasteiger partial charge is 0.0594 e. The monoisotopic (exact) mass is 188 g/mol. The lowest BCUT2D eigenvalue weighted by molar-refractivity contribution is -0.0516. The van der Waals surface area contributed by atoms with Gasteiger partial charge in [-0.05, 0) is 19.3 Å².